The Kier molecular flexibility index (Phi) is 6.03. The summed E-state index contributed by atoms with van der Waals surface area (Å²) in [7, 11) is 0. The van der Waals surface area contributed by atoms with Crippen molar-refractivity contribution in [1.82, 2.24) is 9.97 Å². The molecule has 0 atom stereocenters. The molecule has 142 valence electrons. The lowest BCUT2D eigenvalue weighted by atomic mass is 10.2. The maximum absolute atomic E-state index is 5.93. The molecule has 1 aliphatic rings. The average molecular weight is 366 g/mol. The fourth-order valence-corrected chi connectivity index (χ4v) is 2.83. The lowest BCUT2D eigenvalue weighted by Gasteiger charge is -2.28. The third kappa shape index (κ3) is 5.52. The molecule has 0 aliphatic carbocycles. The fourth-order valence-electron chi connectivity index (χ4n) is 2.83. The number of rotatable bonds is 5. The second kappa shape index (κ2) is 8.64. The van der Waals surface area contributed by atoms with Crippen molar-refractivity contribution in [2.75, 3.05) is 36.5 Å². The van der Waals surface area contributed by atoms with Crippen LogP contribution in [0.4, 0.5) is 23.1 Å². The topological polar surface area (TPSA) is 88.7 Å². The molecular formula is C20H26N6O. The summed E-state index contributed by atoms with van der Waals surface area (Å²) in [5.74, 6) is 1.46. The molecule has 0 spiro atoms. The van der Waals surface area contributed by atoms with Crippen LogP contribution < -0.4 is 16.0 Å². The standard InChI is InChI=1S/C20H26N6O/c1-14(2)12-18(21)24-19-13-15(3)22-20(25-19)23-16-4-6-17(7-5-16)26-8-10-27-11-9-26/h4-7,12-13H,8-11H2,1-3H3,(H3,21,22,23,24,25). The first-order chi connectivity index (χ1) is 13.0. The van der Waals surface area contributed by atoms with Gasteiger partial charge in [-0.15, -0.1) is 0 Å². The first-order valence-electron chi connectivity index (χ1n) is 9.04. The maximum Gasteiger partial charge on any atom is 0.229 e. The third-order valence-electron chi connectivity index (χ3n) is 4.02. The summed E-state index contributed by atoms with van der Waals surface area (Å²) < 4.78 is 5.40. The molecule has 1 aromatic carbocycles. The number of nitrogens with zero attached hydrogens (tertiary/aromatic N) is 4. The van der Waals surface area contributed by atoms with Crippen molar-refractivity contribution in [2.45, 2.75) is 20.8 Å². The summed E-state index contributed by atoms with van der Waals surface area (Å²) in [6, 6.07) is 10.0. The number of allylic oxidation sites excluding steroid dienone is 1. The van der Waals surface area contributed by atoms with E-state index in [1.54, 1.807) is 6.07 Å². The van der Waals surface area contributed by atoms with Crippen LogP contribution in [0.15, 0.2) is 47.0 Å². The van der Waals surface area contributed by atoms with Crippen LogP contribution in [-0.2, 0) is 4.74 Å². The number of aromatic nitrogens is 2. The number of anilines is 3. The molecule has 7 heteroatoms. The van der Waals surface area contributed by atoms with Gasteiger partial charge >= 0.3 is 0 Å². The summed E-state index contributed by atoms with van der Waals surface area (Å²) in [6.07, 6.45) is 1.81. The Morgan fingerprint density at radius 3 is 2.56 bits per heavy atom. The van der Waals surface area contributed by atoms with E-state index in [9.17, 15) is 0 Å². The Hall–Kier alpha value is -2.93. The molecule has 0 unspecified atom stereocenters. The van der Waals surface area contributed by atoms with Gasteiger partial charge in [0.15, 0.2) is 5.82 Å². The Labute approximate surface area is 160 Å². The fraction of sp³-hybridized carbons (Fsp3) is 0.350. The van der Waals surface area contributed by atoms with Crippen LogP contribution in [0, 0.1) is 6.92 Å². The summed E-state index contributed by atoms with van der Waals surface area (Å²) in [5, 5.41) is 3.24. The SMILES string of the molecule is CC(C)=CC(N)=Nc1cc(C)nc(Nc2ccc(N3CCOCC3)cc2)n1. The highest BCUT2D eigenvalue weighted by Crippen LogP contribution is 2.22. The molecule has 1 aromatic heterocycles. The van der Waals surface area contributed by atoms with E-state index >= 15 is 0 Å². The molecule has 1 fully saturated rings. The van der Waals surface area contributed by atoms with E-state index in [0.717, 1.165) is 43.3 Å². The summed E-state index contributed by atoms with van der Waals surface area (Å²) >= 11 is 0. The molecule has 0 radical (unpaired) electrons. The van der Waals surface area contributed by atoms with Crippen molar-refractivity contribution in [2.24, 2.45) is 10.7 Å². The van der Waals surface area contributed by atoms with E-state index in [2.05, 4.69) is 37.3 Å². The maximum atomic E-state index is 5.93. The zero-order valence-electron chi connectivity index (χ0n) is 16.1. The lowest BCUT2D eigenvalue weighted by Crippen LogP contribution is -2.36. The number of nitrogens with two attached hydrogens (primary N) is 1. The molecule has 2 heterocycles. The number of aliphatic imine (C=N–C) groups is 1. The Morgan fingerprint density at radius 2 is 1.89 bits per heavy atom. The molecule has 1 aliphatic heterocycles. The van der Waals surface area contributed by atoms with E-state index < -0.39 is 0 Å². The van der Waals surface area contributed by atoms with Gasteiger partial charge in [-0.2, -0.15) is 4.98 Å². The van der Waals surface area contributed by atoms with E-state index in [4.69, 9.17) is 10.5 Å². The molecule has 3 rings (SSSR count). The average Bonchev–Trinajstić information content (AvgIpc) is 2.62. The van der Waals surface area contributed by atoms with E-state index in [0.29, 0.717) is 17.6 Å². The predicted octanol–water partition coefficient (Wildman–Crippen LogP) is 3.32. The number of ether oxygens (including phenoxy) is 1. The molecule has 27 heavy (non-hydrogen) atoms. The van der Waals surface area contributed by atoms with Gasteiger partial charge in [-0.25, -0.2) is 9.98 Å². The zero-order chi connectivity index (χ0) is 19.2. The van der Waals surface area contributed by atoms with E-state index in [1.165, 1.54) is 5.69 Å². The van der Waals surface area contributed by atoms with Gasteiger partial charge in [0.25, 0.3) is 0 Å². The minimum atomic E-state index is 0.425. The lowest BCUT2D eigenvalue weighted by molar-refractivity contribution is 0.122. The van der Waals surface area contributed by atoms with Gasteiger partial charge in [-0.3, -0.25) is 0 Å². The number of morpholine rings is 1. The highest BCUT2D eigenvalue weighted by Gasteiger charge is 2.11. The minimum absolute atomic E-state index is 0.425. The van der Waals surface area contributed by atoms with E-state index in [1.807, 2.05) is 39.0 Å². The largest absolute Gasteiger partial charge is 0.384 e. The number of amidine groups is 1. The number of benzene rings is 1. The Morgan fingerprint density at radius 1 is 1.19 bits per heavy atom. The second-order valence-electron chi connectivity index (χ2n) is 6.72. The Balaban J connectivity index is 1.74. The number of hydrogen-bond acceptors (Lipinski definition) is 6. The molecule has 0 bridgehead atoms. The van der Waals surface area contributed by atoms with Crippen molar-refractivity contribution in [3.8, 4) is 0 Å². The van der Waals surface area contributed by atoms with Gasteiger partial charge < -0.3 is 20.7 Å². The number of aryl methyl sites for hydroxylation is 1. The van der Waals surface area contributed by atoms with Gasteiger partial charge in [0.2, 0.25) is 5.95 Å². The van der Waals surface area contributed by atoms with Crippen molar-refractivity contribution in [3.05, 3.63) is 47.7 Å². The monoisotopic (exact) mass is 366 g/mol. The van der Waals surface area contributed by atoms with Crippen LogP contribution in [0.3, 0.4) is 0 Å². The molecule has 3 N–H and O–H groups in total. The third-order valence-corrected chi connectivity index (χ3v) is 4.02. The predicted molar refractivity (Wildman–Crippen MR) is 110 cm³/mol. The van der Waals surface area contributed by atoms with Crippen molar-refractivity contribution < 1.29 is 4.74 Å². The number of hydrogen-bond donors (Lipinski definition) is 2. The molecule has 0 saturated carbocycles. The summed E-state index contributed by atoms with van der Waals surface area (Å²) in [4.78, 5) is 15.5. The van der Waals surface area contributed by atoms with E-state index in [-0.39, 0.29) is 0 Å². The minimum Gasteiger partial charge on any atom is -0.384 e. The highest BCUT2D eigenvalue weighted by atomic mass is 16.5. The van der Waals surface area contributed by atoms with Gasteiger partial charge in [0.1, 0.15) is 5.84 Å². The molecule has 2 aromatic rings. The van der Waals surface area contributed by atoms with Crippen molar-refractivity contribution in [3.63, 3.8) is 0 Å². The van der Waals surface area contributed by atoms with Crippen LogP contribution in [-0.4, -0.2) is 42.1 Å². The van der Waals surface area contributed by atoms with Crippen LogP contribution in [0.2, 0.25) is 0 Å². The molecular weight excluding hydrogens is 340 g/mol. The Bertz CT molecular complexity index is 834. The van der Waals surface area contributed by atoms with Crippen LogP contribution in [0.1, 0.15) is 19.5 Å². The normalized spacial score (nSPS) is 14.8. The summed E-state index contributed by atoms with van der Waals surface area (Å²) in [6.45, 7) is 9.24. The first kappa shape index (κ1) is 18.8. The molecule has 7 nitrogen and oxygen atoms in total. The molecule has 1 saturated heterocycles. The second-order valence-corrected chi connectivity index (χ2v) is 6.72. The van der Waals surface area contributed by atoms with Crippen LogP contribution in [0.25, 0.3) is 0 Å². The highest BCUT2D eigenvalue weighted by molar-refractivity contribution is 5.93. The van der Waals surface area contributed by atoms with Crippen LogP contribution >= 0.6 is 0 Å². The zero-order valence-corrected chi connectivity index (χ0v) is 16.1. The van der Waals surface area contributed by atoms with Gasteiger partial charge in [0.05, 0.1) is 13.2 Å². The van der Waals surface area contributed by atoms with Crippen molar-refractivity contribution >= 4 is 29.0 Å². The van der Waals surface area contributed by atoms with Gasteiger partial charge in [-0.1, -0.05) is 5.57 Å². The quantitative estimate of drug-likeness (QED) is 0.623. The van der Waals surface area contributed by atoms with Gasteiger partial charge in [-0.05, 0) is 51.1 Å². The summed E-state index contributed by atoms with van der Waals surface area (Å²) in [5.41, 5.74) is 9.94. The van der Waals surface area contributed by atoms with Crippen LogP contribution in [0.5, 0.6) is 0 Å². The molecule has 0 amide bonds. The smallest absolute Gasteiger partial charge is 0.229 e. The van der Waals surface area contributed by atoms with Gasteiger partial charge in [0, 0.05) is 36.2 Å². The number of nitrogens with one attached hydrogen (secondary N) is 1. The first-order valence-corrected chi connectivity index (χ1v) is 9.04. The van der Waals surface area contributed by atoms with Crippen molar-refractivity contribution in [1.29, 1.82) is 0 Å².